The number of methoxy groups -OCH3 is 1. The van der Waals surface area contributed by atoms with Crippen LogP contribution in [-0.2, 0) is 11.3 Å². The van der Waals surface area contributed by atoms with Gasteiger partial charge in [-0.3, -0.25) is 9.69 Å². The zero-order valence-electron chi connectivity index (χ0n) is 13.4. The molecule has 0 saturated carbocycles. The van der Waals surface area contributed by atoms with E-state index in [1.807, 2.05) is 17.7 Å². The van der Waals surface area contributed by atoms with E-state index in [0.717, 1.165) is 5.82 Å². The largest absolute Gasteiger partial charge is 0.495 e. The maximum Gasteiger partial charge on any atom is 0.325 e. The van der Waals surface area contributed by atoms with E-state index in [-0.39, 0.29) is 0 Å². The Kier molecular flexibility index (Phi) is 5.63. The summed E-state index contributed by atoms with van der Waals surface area (Å²) in [5.41, 5.74) is 0.619. The van der Waals surface area contributed by atoms with Crippen LogP contribution in [0.25, 0.3) is 0 Å². The summed E-state index contributed by atoms with van der Waals surface area (Å²) in [5, 5.41) is 9.99. The second-order valence-corrected chi connectivity index (χ2v) is 5.69. The van der Waals surface area contributed by atoms with E-state index in [0.29, 0.717) is 29.4 Å². The Morgan fingerprint density at radius 3 is 2.78 bits per heavy atom. The molecule has 1 atom stereocenters. The number of benzene rings is 1. The molecular weight excluding hydrogens is 318 g/mol. The molecule has 1 unspecified atom stereocenters. The van der Waals surface area contributed by atoms with Gasteiger partial charge in [0.15, 0.2) is 0 Å². The number of aromatic nitrogens is 2. The zero-order valence-corrected chi connectivity index (χ0v) is 14.1. The van der Waals surface area contributed by atoms with E-state index in [1.165, 1.54) is 7.11 Å². The summed E-state index contributed by atoms with van der Waals surface area (Å²) in [5.74, 6) is 0.505. The van der Waals surface area contributed by atoms with Gasteiger partial charge in [0.05, 0.1) is 12.1 Å². The highest BCUT2D eigenvalue weighted by Gasteiger charge is 2.25. The summed E-state index contributed by atoms with van der Waals surface area (Å²) in [7, 11) is 3.30. The van der Waals surface area contributed by atoms with Crippen LogP contribution in [0, 0.1) is 6.92 Å². The molecule has 124 valence electrons. The number of halogens is 1. The van der Waals surface area contributed by atoms with Gasteiger partial charge < -0.3 is 14.4 Å². The molecule has 0 spiro atoms. The topological polar surface area (TPSA) is 67.6 Å². The van der Waals surface area contributed by atoms with Gasteiger partial charge in [-0.05, 0) is 31.7 Å². The Balaban J connectivity index is 2.15. The molecule has 7 heteroatoms. The van der Waals surface area contributed by atoms with Gasteiger partial charge in [0.2, 0.25) is 0 Å². The molecule has 1 aromatic carbocycles. The third-order valence-electron chi connectivity index (χ3n) is 3.78. The fourth-order valence-electron chi connectivity index (χ4n) is 2.47. The molecule has 1 N–H and O–H groups in total. The van der Waals surface area contributed by atoms with Gasteiger partial charge >= 0.3 is 5.97 Å². The first-order chi connectivity index (χ1) is 10.9. The van der Waals surface area contributed by atoms with Crippen molar-refractivity contribution in [1.29, 1.82) is 0 Å². The van der Waals surface area contributed by atoms with Gasteiger partial charge in [0, 0.05) is 25.5 Å². The number of carboxylic acids is 1. The number of imidazole rings is 1. The maximum atomic E-state index is 11.7. The maximum absolute atomic E-state index is 11.7. The Morgan fingerprint density at radius 2 is 2.26 bits per heavy atom. The number of ether oxygens (including phenoxy) is 1. The van der Waals surface area contributed by atoms with Crippen molar-refractivity contribution >= 4 is 17.6 Å². The van der Waals surface area contributed by atoms with Crippen LogP contribution >= 0.6 is 11.6 Å². The van der Waals surface area contributed by atoms with Gasteiger partial charge in [-0.25, -0.2) is 4.98 Å². The summed E-state index contributed by atoms with van der Waals surface area (Å²) in [6, 6.07) is 4.27. The monoisotopic (exact) mass is 337 g/mol. The Morgan fingerprint density at radius 1 is 1.52 bits per heavy atom. The second kappa shape index (κ2) is 7.48. The second-order valence-electron chi connectivity index (χ2n) is 5.28. The minimum absolute atomic E-state index is 0.398. The Bertz CT molecular complexity index is 687. The number of carbonyl (C=O) groups is 1. The molecule has 0 aliphatic rings. The van der Waals surface area contributed by atoms with E-state index < -0.39 is 12.0 Å². The summed E-state index contributed by atoms with van der Waals surface area (Å²) < 4.78 is 7.09. The molecule has 0 aliphatic heterocycles. The molecule has 1 heterocycles. The summed E-state index contributed by atoms with van der Waals surface area (Å²) in [6.45, 7) is 3.14. The number of nitrogens with zero attached hydrogens (tertiary/aromatic N) is 3. The van der Waals surface area contributed by atoms with E-state index in [2.05, 4.69) is 4.98 Å². The number of rotatable bonds is 7. The van der Waals surface area contributed by atoms with Gasteiger partial charge in [-0.2, -0.15) is 0 Å². The van der Waals surface area contributed by atoms with Crippen molar-refractivity contribution in [2.45, 2.75) is 19.5 Å². The lowest BCUT2D eigenvalue weighted by Gasteiger charge is -2.25. The van der Waals surface area contributed by atoms with Gasteiger partial charge in [-0.15, -0.1) is 0 Å². The quantitative estimate of drug-likeness (QED) is 0.841. The van der Waals surface area contributed by atoms with Crippen molar-refractivity contribution in [3.05, 3.63) is 47.0 Å². The lowest BCUT2D eigenvalue weighted by atomic mass is 10.1. The highest BCUT2D eigenvalue weighted by atomic mass is 35.5. The first kappa shape index (κ1) is 17.3. The van der Waals surface area contributed by atoms with E-state index in [1.54, 1.807) is 36.3 Å². The summed E-state index contributed by atoms with van der Waals surface area (Å²) >= 11 is 6.11. The predicted octanol–water partition coefficient (Wildman–Crippen LogP) is 2.61. The predicted molar refractivity (Wildman–Crippen MR) is 88.0 cm³/mol. The van der Waals surface area contributed by atoms with E-state index in [4.69, 9.17) is 16.3 Å². The van der Waals surface area contributed by atoms with E-state index >= 15 is 0 Å². The van der Waals surface area contributed by atoms with Gasteiger partial charge in [0.1, 0.15) is 17.6 Å². The molecule has 0 saturated heterocycles. The molecule has 2 rings (SSSR count). The average molecular weight is 338 g/mol. The molecule has 1 aromatic heterocycles. The summed E-state index contributed by atoms with van der Waals surface area (Å²) in [6.07, 6.45) is 3.61. The Labute approximate surface area is 140 Å². The molecule has 23 heavy (non-hydrogen) atoms. The van der Waals surface area contributed by atoms with Gasteiger partial charge in [-0.1, -0.05) is 17.7 Å². The fraction of sp³-hybridized carbons (Fsp3) is 0.375. The molecule has 2 aromatic rings. The highest BCUT2D eigenvalue weighted by molar-refractivity contribution is 6.32. The number of aryl methyl sites for hydroxylation is 1. The van der Waals surface area contributed by atoms with Crippen LogP contribution < -0.4 is 4.74 Å². The zero-order chi connectivity index (χ0) is 17.0. The normalized spacial score (nSPS) is 12.4. The lowest BCUT2D eigenvalue weighted by molar-refractivity contribution is -0.143. The number of hydrogen-bond donors (Lipinski definition) is 1. The van der Waals surface area contributed by atoms with Crippen molar-refractivity contribution in [1.82, 2.24) is 14.5 Å². The minimum atomic E-state index is -0.920. The molecule has 0 amide bonds. The van der Waals surface area contributed by atoms with Crippen molar-refractivity contribution in [2.75, 3.05) is 20.7 Å². The smallest absolute Gasteiger partial charge is 0.325 e. The molecule has 0 aliphatic carbocycles. The number of aliphatic carboxylic acids is 1. The Hall–Kier alpha value is -2.05. The first-order valence-corrected chi connectivity index (χ1v) is 7.56. The van der Waals surface area contributed by atoms with Crippen molar-refractivity contribution in [3.8, 4) is 5.75 Å². The first-order valence-electron chi connectivity index (χ1n) is 7.18. The van der Waals surface area contributed by atoms with E-state index in [9.17, 15) is 9.90 Å². The highest BCUT2D eigenvalue weighted by Crippen LogP contribution is 2.29. The molecular formula is C16H20ClN3O3. The number of hydrogen-bond acceptors (Lipinski definition) is 4. The van der Waals surface area contributed by atoms with Crippen molar-refractivity contribution in [3.63, 3.8) is 0 Å². The van der Waals surface area contributed by atoms with Crippen LogP contribution in [0.1, 0.15) is 17.4 Å². The fourth-order valence-corrected chi connectivity index (χ4v) is 2.74. The number of likely N-dealkylation sites (N-methyl/N-ethyl adjacent to an activating group) is 1. The van der Waals surface area contributed by atoms with Crippen molar-refractivity contribution < 1.29 is 14.6 Å². The summed E-state index contributed by atoms with van der Waals surface area (Å²) in [4.78, 5) is 17.6. The van der Waals surface area contributed by atoms with Crippen molar-refractivity contribution in [2.24, 2.45) is 0 Å². The minimum Gasteiger partial charge on any atom is -0.495 e. The van der Waals surface area contributed by atoms with Crippen LogP contribution in [0.4, 0.5) is 0 Å². The third kappa shape index (κ3) is 4.03. The number of carboxylic acid groups (broad SMARTS) is 1. The SMILES string of the molecule is COc1ccc(C(C(=O)O)N(C)CCn2ccnc2C)cc1Cl. The van der Waals surface area contributed by atoms with Gasteiger partial charge in [0.25, 0.3) is 0 Å². The molecule has 6 nitrogen and oxygen atoms in total. The lowest BCUT2D eigenvalue weighted by Crippen LogP contribution is -2.33. The van der Waals surface area contributed by atoms with Crippen LogP contribution in [0.3, 0.4) is 0 Å². The molecule has 0 radical (unpaired) electrons. The van der Waals surface area contributed by atoms with Crippen LogP contribution in [0.2, 0.25) is 5.02 Å². The van der Waals surface area contributed by atoms with Crippen LogP contribution in [0.15, 0.2) is 30.6 Å². The standard InChI is InChI=1S/C16H20ClN3O3/c1-11-18-6-7-20(11)9-8-19(2)15(16(21)22)12-4-5-14(23-3)13(17)10-12/h4-7,10,15H,8-9H2,1-3H3,(H,21,22). The third-order valence-corrected chi connectivity index (χ3v) is 4.08. The average Bonchev–Trinajstić information content (AvgIpc) is 2.90. The van der Waals surface area contributed by atoms with Crippen LogP contribution in [0.5, 0.6) is 5.75 Å². The molecule has 0 fully saturated rings. The molecule has 0 bridgehead atoms. The van der Waals surface area contributed by atoms with Crippen LogP contribution in [-0.4, -0.2) is 46.2 Å².